The van der Waals surface area contributed by atoms with E-state index in [0.29, 0.717) is 29.0 Å². The highest BCUT2D eigenvalue weighted by Crippen LogP contribution is 2.24. The molecule has 1 aliphatic heterocycles. The molecule has 2 aromatic carbocycles. The van der Waals surface area contributed by atoms with Crippen molar-refractivity contribution in [1.29, 1.82) is 0 Å². The number of amides is 2. The zero-order chi connectivity index (χ0) is 20.1. The third kappa shape index (κ3) is 4.14. The second-order valence-corrected chi connectivity index (χ2v) is 6.25. The van der Waals surface area contributed by atoms with E-state index in [4.69, 9.17) is 14.2 Å². The van der Waals surface area contributed by atoms with Crippen LogP contribution in [0.5, 0.6) is 11.5 Å². The number of ether oxygens (including phenoxy) is 3. The van der Waals surface area contributed by atoms with Gasteiger partial charge in [-0.25, -0.2) is 0 Å². The largest absolute Gasteiger partial charge is 0.497 e. The molecule has 2 aromatic rings. The van der Waals surface area contributed by atoms with Gasteiger partial charge in [0.15, 0.2) is 0 Å². The summed E-state index contributed by atoms with van der Waals surface area (Å²) < 4.78 is 15.6. The molecule has 7 nitrogen and oxygen atoms in total. The van der Waals surface area contributed by atoms with Gasteiger partial charge in [0.2, 0.25) is 0 Å². The average Bonchev–Trinajstić information content (AvgIpc) is 2.97. The first-order valence-corrected chi connectivity index (χ1v) is 8.86. The van der Waals surface area contributed by atoms with Crippen molar-refractivity contribution in [3.63, 3.8) is 0 Å². The van der Waals surface area contributed by atoms with E-state index in [9.17, 15) is 14.4 Å². The monoisotopic (exact) mass is 383 g/mol. The van der Waals surface area contributed by atoms with Crippen LogP contribution in [0.3, 0.4) is 0 Å². The second-order valence-electron chi connectivity index (χ2n) is 6.25. The molecule has 7 heteroatoms. The molecule has 0 unspecified atom stereocenters. The summed E-state index contributed by atoms with van der Waals surface area (Å²) in [5, 5.41) is 0. The van der Waals surface area contributed by atoms with Crippen molar-refractivity contribution in [2.24, 2.45) is 0 Å². The van der Waals surface area contributed by atoms with E-state index >= 15 is 0 Å². The van der Waals surface area contributed by atoms with Crippen molar-refractivity contribution in [3.8, 4) is 11.5 Å². The Morgan fingerprint density at radius 2 is 1.50 bits per heavy atom. The third-order valence-corrected chi connectivity index (χ3v) is 4.49. The fourth-order valence-corrected chi connectivity index (χ4v) is 3.02. The number of aryl methyl sites for hydroxylation is 1. The molecule has 0 aromatic heterocycles. The molecule has 146 valence electrons. The number of nitrogens with zero attached hydrogens (tertiary/aromatic N) is 1. The minimum absolute atomic E-state index is 0.0328. The maximum absolute atomic E-state index is 12.3. The number of carbonyl (C=O) groups is 3. The van der Waals surface area contributed by atoms with Gasteiger partial charge in [-0.3, -0.25) is 19.3 Å². The van der Waals surface area contributed by atoms with E-state index < -0.39 is 5.97 Å². The van der Waals surface area contributed by atoms with Crippen LogP contribution in [0.15, 0.2) is 42.5 Å². The Bertz CT molecular complexity index is 850. The van der Waals surface area contributed by atoms with Gasteiger partial charge in [-0.1, -0.05) is 12.1 Å². The predicted molar refractivity (Wildman–Crippen MR) is 101 cm³/mol. The standard InChI is InChI=1S/C21H21NO6/c1-26-15-11-14(12-16(13-15)27-2)7-8-19(23)28-10-9-22-20(24)17-5-3-4-6-18(17)21(22)25/h3-6,11-13H,7-10H2,1-2H3. The molecule has 0 N–H and O–H groups in total. The van der Waals surface area contributed by atoms with Crippen LogP contribution in [0.4, 0.5) is 0 Å². The normalized spacial score (nSPS) is 12.7. The van der Waals surface area contributed by atoms with Crippen molar-refractivity contribution in [1.82, 2.24) is 4.90 Å². The van der Waals surface area contributed by atoms with Crippen molar-refractivity contribution in [2.45, 2.75) is 12.8 Å². The second kappa shape index (κ2) is 8.56. The number of benzene rings is 2. The van der Waals surface area contributed by atoms with Gasteiger partial charge in [0, 0.05) is 12.5 Å². The van der Waals surface area contributed by atoms with Crippen LogP contribution in [0.1, 0.15) is 32.7 Å². The molecule has 0 fully saturated rings. The van der Waals surface area contributed by atoms with Gasteiger partial charge < -0.3 is 14.2 Å². The first-order valence-electron chi connectivity index (χ1n) is 8.86. The number of hydrogen-bond acceptors (Lipinski definition) is 6. The van der Waals surface area contributed by atoms with E-state index in [1.807, 2.05) is 12.1 Å². The number of rotatable bonds is 8. The average molecular weight is 383 g/mol. The summed E-state index contributed by atoms with van der Waals surface area (Å²) in [6.07, 6.45) is 0.623. The number of carbonyl (C=O) groups excluding carboxylic acids is 3. The number of methoxy groups -OCH3 is 2. The minimum Gasteiger partial charge on any atom is -0.497 e. The van der Waals surface area contributed by atoms with Gasteiger partial charge >= 0.3 is 5.97 Å². The molecule has 0 radical (unpaired) electrons. The van der Waals surface area contributed by atoms with E-state index in [-0.39, 0.29) is 31.4 Å². The highest BCUT2D eigenvalue weighted by Gasteiger charge is 2.34. The third-order valence-electron chi connectivity index (χ3n) is 4.49. The highest BCUT2D eigenvalue weighted by atomic mass is 16.5. The Kier molecular flexibility index (Phi) is 5.93. The summed E-state index contributed by atoms with van der Waals surface area (Å²) in [7, 11) is 3.12. The topological polar surface area (TPSA) is 82.1 Å². The molecule has 0 bridgehead atoms. The van der Waals surface area contributed by atoms with Gasteiger partial charge in [-0.15, -0.1) is 0 Å². The molecule has 1 aliphatic rings. The Morgan fingerprint density at radius 1 is 0.929 bits per heavy atom. The molecule has 0 saturated heterocycles. The molecule has 0 atom stereocenters. The molecular formula is C21H21NO6. The van der Waals surface area contributed by atoms with E-state index in [0.717, 1.165) is 10.5 Å². The van der Waals surface area contributed by atoms with Crippen LogP contribution in [-0.4, -0.2) is 50.1 Å². The molecule has 2 amide bonds. The first-order chi connectivity index (χ1) is 13.5. The zero-order valence-electron chi connectivity index (χ0n) is 15.8. The Balaban J connectivity index is 1.48. The fraction of sp³-hybridized carbons (Fsp3) is 0.286. The minimum atomic E-state index is -0.404. The zero-order valence-corrected chi connectivity index (χ0v) is 15.8. The number of esters is 1. The summed E-state index contributed by atoms with van der Waals surface area (Å²) in [5.41, 5.74) is 1.64. The van der Waals surface area contributed by atoms with Gasteiger partial charge in [-0.2, -0.15) is 0 Å². The van der Waals surface area contributed by atoms with Crippen molar-refractivity contribution < 1.29 is 28.6 Å². The molecule has 1 heterocycles. The molecule has 0 spiro atoms. The predicted octanol–water partition coefficient (Wildman–Crippen LogP) is 2.48. The van der Waals surface area contributed by atoms with Crippen molar-refractivity contribution in [2.75, 3.05) is 27.4 Å². The highest BCUT2D eigenvalue weighted by molar-refractivity contribution is 6.21. The lowest BCUT2D eigenvalue weighted by Gasteiger charge is -2.14. The van der Waals surface area contributed by atoms with Gasteiger partial charge in [0.25, 0.3) is 11.8 Å². The number of fused-ring (bicyclic) bond motifs is 1. The van der Waals surface area contributed by atoms with Crippen LogP contribution in [0.2, 0.25) is 0 Å². The summed E-state index contributed by atoms with van der Waals surface area (Å²) in [6, 6.07) is 12.1. The Morgan fingerprint density at radius 3 is 2.04 bits per heavy atom. The number of imide groups is 1. The summed E-state index contributed by atoms with van der Waals surface area (Å²) in [6.45, 7) is -0.00317. The summed E-state index contributed by atoms with van der Waals surface area (Å²) >= 11 is 0. The van der Waals surface area contributed by atoms with Gasteiger partial charge in [-0.05, 0) is 36.2 Å². The van der Waals surface area contributed by atoms with E-state index in [1.54, 1.807) is 44.6 Å². The summed E-state index contributed by atoms with van der Waals surface area (Å²) in [5.74, 6) is 0.167. The Labute approximate surface area is 162 Å². The number of hydrogen-bond donors (Lipinski definition) is 0. The Hall–Kier alpha value is -3.35. The molecule has 3 rings (SSSR count). The van der Waals surface area contributed by atoms with Gasteiger partial charge in [0.1, 0.15) is 18.1 Å². The molecule has 0 aliphatic carbocycles. The van der Waals surface area contributed by atoms with Crippen LogP contribution in [-0.2, 0) is 16.0 Å². The first kappa shape index (κ1) is 19.4. The van der Waals surface area contributed by atoms with Gasteiger partial charge in [0.05, 0.1) is 31.9 Å². The van der Waals surface area contributed by atoms with E-state index in [2.05, 4.69) is 0 Å². The lowest BCUT2D eigenvalue weighted by Crippen LogP contribution is -2.33. The van der Waals surface area contributed by atoms with E-state index in [1.165, 1.54) is 0 Å². The summed E-state index contributed by atoms with van der Waals surface area (Å²) in [4.78, 5) is 37.6. The molecular weight excluding hydrogens is 362 g/mol. The maximum atomic E-state index is 12.3. The lowest BCUT2D eigenvalue weighted by molar-refractivity contribution is -0.143. The van der Waals surface area contributed by atoms with Crippen LogP contribution >= 0.6 is 0 Å². The SMILES string of the molecule is COc1cc(CCC(=O)OCCN2C(=O)c3ccccc3C2=O)cc(OC)c1. The quantitative estimate of drug-likeness (QED) is 0.515. The maximum Gasteiger partial charge on any atom is 0.306 e. The van der Waals surface area contributed by atoms with Crippen molar-refractivity contribution in [3.05, 3.63) is 59.2 Å². The van der Waals surface area contributed by atoms with Crippen LogP contribution < -0.4 is 9.47 Å². The lowest BCUT2D eigenvalue weighted by atomic mass is 10.1. The van der Waals surface area contributed by atoms with Crippen LogP contribution in [0, 0.1) is 0 Å². The fourth-order valence-electron chi connectivity index (χ4n) is 3.02. The smallest absolute Gasteiger partial charge is 0.306 e. The van der Waals surface area contributed by atoms with Crippen LogP contribution in [0.25, 0.3) is 0 Å². The molecule has 0 saturated carbocycles. The molecule has 28 heavy (non-hydrogen) atoms. The van der Waals surface area contributed by atoms with Crippen molar-refractivity contribution >= 4 is 17.8 Å².